The summed E-state index contributed by atoms with van der Waals surface area (Å²) in [6.07, 6.45) is -0.632. The maximum Gasteiger partial charge on any atom is 0.303 e. The van der Waals surface area contributed by atoms with Crippen molar-refractivity contribution in [1.29, 1.82) is 0 Å². The molecular formula is C5H9NO4. The van der Waals surface area contributed by atoms with Crippen molar-refractivity contribution in [2.24, 2.45) is 0 Å². The number of nitrogens with zero attached hydrogens (tertiary/aromatic N) is 1. The Morgan fingerprint density at radius 2 is 2.30 bits per heavy atom. The van der Waals surface area contributed by atoms with E-state index in [2.05, 4.69) is 4.74 Å². The van der Waals surface area contributed by atoms with Crippen LogP contribution >= 0.6 is 0 Å². The van der Waals surface area contributed by atoms with Crippen molar-refractivity contribution in [3.05, 3.63) is 10.1 Å². The van der Waals surface area contributed by atoms with E-state index in [1.807, 2.05) is 0 Å². The lowest BCUT2D eigenvalue weighted by Crippen LogP contribution is -2.21. The van der Waals surface area contributed by atoms with E-state index in [4.69, 9.17) is 0 Å². The zero-order valence-electron chi connectivity index (χ0n) is 5.86. The molecule has 0 heterocycles. The van der Waals surface area contributed by atoms with Gasteiger partial charge in [-0.1, -0.05) is 0 Å². The lowest BCUT2D eigenvalue weighted by Gasteiger charge is -2.05. The summed E-state index contributed by atoms with van der Waals surface area (Å²) in [5.41, 5.74) is 0. The van der Waals surface area contributed by atoms with E-state index in [-0.39, 0.29) is 6.54 Å². The molecule has 0 radical (unpaired) electrons. The van der Waals surface area contributed by atoms with Crippen molar-refractivity contribution >= 4 is 5.97 Å². The molecular weight excluding hydrogens is 138 g/mol. The number of hydrogen-bond acceptors (Lipinski definition) is 4. The Balaban J connectivity index is 3.53. The van der Waals surface area contributed by atoms with Crippen molar-refractivity contribution in [1.82, 2.24) is 0 Å². The summed E-state index contributed by atoms with van der Waals surface area (Å²) in [5, 5.41) is 9.81. The van der Waals surface area contributed by atoms with Gasteiger partial charge in [-0.3, -0.25) is 14.9 Å². The Morgan fingerprint density at radius 3 is 2.60 bits per heavy atom. The van der Waals surface area contributed by atoms with Crippen molar-refractivity contribution < 1.29 is 14.5 Å². The largest absolute Gasteiger partial charge is 0.456 e. The Bertz CT molecular complexity index is 129. The number of carbonyl (C=O) groups is 1. The summed E-state index contributed by atoms with van der Waals surface area (Å²) in [6, 6.07) is 0. The molecule has 5 nitrogen and oxygen atoms in total. The SMILES string of the molecule is CC(=O)O[C@H](C)C[N+](=O)[O-]. The second-order valence-electron chi connectivity index (χ2n) is 1.94. The van der Waals surface area contributed by atoms with Gasteiger partial charge in [0.2, 0.25) is 6.54 Å². The average Bonchev–Trinajstić information content (AvgIpc) is 1.58. The molecule has 0 saturated heterocycles. The highest BCUT2D eigenvalue weighted by Gasteiger charge is 2.10. The molecule has 0 spiro atoms. The van der Waals surface area contributed by atoms with Crippen molar-refractivity contribution in [2.75, 3.05) is 6.54 Å². The van der Waals surface area contributed by atoms with Crippen LogP contribution in [0.25, 0.3) is 0 Å². The van der Waals surface area contributed by atoms with Gasteiger partial charge >= 0.3 is 5.97 Å². The summed E-state index contributed by atoms with van der Waals surface area (Å²) in [5.74, 6) is -0.491. The maximum atomic E-state index is 10.2. The molecule has 0 aliphatic rings. The van der Waals surface area contributed by atoms with Gasteiger partial charge in [0.1, 0.15) is 0 Å². The van der Waals surface area contributed by atoms with Crippen LogP contribution in [-0.2, 0) is 9.53 Å². The Hall–Kier alpha value is -1.13. The van der Waals surface area contributed by atoms with Crippen LogP contribution in [0.2, 0.25) is 0 Å². The van der Waals surface area contributed by atoms with Crippen LogP contribution in [0.15, 0.2) is 0 Å². The van der Waals surface area contributed by atoms with Crippen molar-refractivity contribution in [3.8, 4) is 0 Å². The van der Waals surface area contributed by atoms with Gasteiger partial charge in [-0.25, -0.2) is 0 Å². The Kier molecular flexibility index (Phi) is 3.38. The predicted molar refractivity (Wildman–Crippen MR) is 33.1 cm³/mol. The van der Waals surface area contributed by atoms with Crippen LogP contribution in [0, 0.1) is 10.1 Å². The van der Waals surface area contributed by atoms with Gasteiger partial charge in [-0.15, -0.1) is 0 Å². The number of rotatable bonds is 3. The van der Waals surface area contributed by atoms with Gasteiger partial charge in [-0.05, 0) is 6.92 Å². The lowest BCUT2D eigenvalue weighted by atomic mass is 10.4. The molecule has 0 saturated carbocycles. The number of esters is 1. The van der Waals surface area contributed by atoms with Gasteiger partial charge in [0.25, 0.3) is 0 Å². The number of ether oxygens (including phenoxy) is 1. The molecule has 0 rings (SSSR count). The molecule has 0 aliphatic heterocycles. The van der Waals surface area contributed by atoms with Crippen LogP contribution in [0.5, 0.6) is 0 Å². The summed E-state index contributed by atoms with van der Waals surface area (Å²) >= 11 is 0. The molecule has 0 aromatic rings. The highest BCUT2D eigenvalue weighted by molar-refractivity contribution is 5.66. The first kappa shape index (κ1) is 8.87. The third kappa shape index (κ3) is 5.02. The molecule has 0 aliphatic carbocycles. The fourth-order valence-electron chi connectivity index (χ4n) is 0.531. The van der Waals surface area contributed by atoms with Crippen LogP contribution in [-0.4, -0.2) is 23.5 Å². The summed E-state index contributed by atoms with van der Waals surface area (Å²) in [4.78, 5) is 19.5. The molecule has 58 valence electrons. The summed E-state index contributed by atoms with van der Waals surface area (Å²) < 4.78 is 4.48. The molecule has 1 atom stereocenters. The Morgan fingerprint density at radius 1 is 1.80 bits per heavy atom. The summed E-state index contributed by atoms with van der Waals surface area (Å²) in [7, 11) is 0. The van der Waals surface area contributed by atoms with Crippen LogP contribution in [0.1, 0.15) is 13.8 Å². The van der Waals surface area contributed by atoms with E-state index in [1.165, 1.54) is 13.8 Å². The van der Waals surface area contributed by atoms with E-state index >= 15 is 0 Å². The normalized spacial score (nSPS) is 12.2. The highest BCUT2D eigenvalue weighted by atomic mass is 16.6. The number of hydrogen-bond donors (Lipinski definition) is 0. The van der Waals surface area contributed by atoms with E-state index in [0.29, 0.717) is 0 Å². The molecule has 0 unspecified atom stereocenters. The molecule has 10 heavy (non-hydrogen) atoms. The van der Waals surface area contributed by atoms with Gasteiger partial charge in [0.05, 0.1) is 0 Å². The van der Waals surface area contributed by atoms with Gasteiger partial charge in [0, 0.05) is 11.8 Å². The summed E-state index contributed by atoms with van der Waals surface area (Å²) in [6.45, 7) is 2.36. The van der Waals surface area contributed by atoms with E-state index in [1.54, 1.807) is 0 Å². The minimum atomic E-state index is -0.632. The molecule has 0 aromatic heterocycles. The molecule has 0 fully saturated rings. The zero-order valence-corrected chi connectivity index (χ0v) is 5.86. The number of nitro groups is 1. The van der Waals surface area contributed by atoms with Crippen LogP contribution in [0.3, 0.4) is 0 Å². The monoisotopic (exact) mass is 147 g/mol. The predicted octanol–water partition coefficient (Wildman–Crippen LogP) is 0.215. The highest BCUT2D eigenvalue weighted by Crippen LogP contribution is 1.90. The second-order valence-corrected chi connectivity index (χ2v) is 1.94. The van der Waals surface area contributed by atoms with Crippen molar-refractivity contribution in [3.63, 3.8) is 0 Å². The third-order valence-corrected chi connectivity index (χ3v) is 0.773. The zero-order chi connectivity index (χ0) is 8.15. The van der Waals surface area contributed by atoms with E-state index < -0.39 is 17.0 Å². The molecule has 0 bridgehead atoms. The van der Waals surface area contributed by atoms with Crippen LogP contribution in [0.4, 0.5) is 0 Å². The lowest BCUT2D eigenvalue weighted by molar-refractivity contribution is -0.489. The van der Waals surface area contributed by atoms with E-state index in [9.17, 15) is 14.9 Å². The van der Waals surface area contributed by atoms with Crippen molar-refractivity contribution in [2.45, 2.75) is 20.0 Å². The molecule has 0 aromatic carbocycles. The Labute approximate surface area is 58.1 Å². The smallest absolute Gasteiger partial charge is 0.303 e. The minimum Gasteiger partial charge on any atom is -0.456 e. The average molecular weight is 147 g/mol. The second kappa shape index (κ2) is 3.81. The third-order valence-electron chi connectivity index (χ3n) is 0.773. The fraction of sp³-hybridized carbons (Fsp3) is 0.800. The molecule has 0 amide bonds. The van der Waals surface area contributed by atoms with Gasteiger partial charge in [-0.2, -0.15) is 0 Å². The first-order valence-electron chi connectivity index (χ1n) is 2.81. The molecule has 5 heteroatoms. The van der Waals surface area contributed by atoms with Gasteiger partial charge in [0.15, 0.2) is 6.10 Å². The minimum absolute atomic E-state index is 0.334. The molecule has 0 N–H and O–H groups in total. The van der Waals surface area contributed by atoms with E-state index in [0.717, 1.165) is 0 Å². The van der Waals surface area contributed by atoms with Gasteiger partial charge < -0.3 is 4.74 Å². The first-order valence-corrected chi connectivity index (χ1v) is 2.81. The number of carbonyl (C=O) groups excluding carboxylic acids is 1. The van der Waals surface area contributed by atoms with Crippen LogP contribution < -0.4 is 0 Å². The first-order chi connectivity index (χ1) is 4.52. The standard InChI is InChI=1S/C5H9NO4/c1-4(3-6(8)9)10-5(2)7/h4H,3H2,1-2H3/t4-/m1/s1. The topological polar surface area (TPSA) is 69.4 Å². The fourth-order valence-corrected chi connectivity index (χ4v) is 0.531. The maximum absolute atomic E-state index is 10.2. The quantitative estimate of drug-likeness (QED) is 0.325.